The topological polar surface area (TPSA) is 69.7 Å². The van der Waals surface area contributed by atoms with Crippen molar-refractivity contribution in [1.29, 1.82) is 0 Å². The van der Waals surface area contributed by atoms with Crippen LogP contribution < -0.4 is 19.3 Å². The molecule has 0 spiro atoms. The molecule has 8 nitrogen and oxygen atoms in total. The van der Waals surface area contributed by atoms with Crippen LogP contribution in [0.15, 0.2) is 48.5 Å². The molecule has 31 heavy (non-hydrogen) atoms. The molecule has 1 saturated heterocycles. The number of rotatable bonds is 7. The van der Waals surface area contributed by atoms with E-state index in [0.29, 0.717) is 0 Å². The maximum Gasteiger partial charge on any atom is 0.214 e. The van der Waals surface area contributed by atoms with E-state index in [4.69, 9.17) is 9.47 Å². The number of anilines is 1. The highest BCUT2D eigenvalue weighted by atomic mass is 16.5. The van der Waals surface area contributed by atoms with Crippen LogP contribution in [0.3, 0.4) is 0 Å². The van der Waals surface area contributed by atoms with Crippen LogP contribution in [0.1, 0.15) is 37.3 Å². The normalized spacial score (nSPS) is 15.8. The molecule has 0 saturated carbocycles. The quantitative estimate of drug-likeness (QED) is 0.625. The van der Waals surface area contributed by atoms with Gasteiger partial charge >= 0.3 is 0 Å². The summed E-state index contributed by atoms with van der Waals surface area (Å²) in [5.41, 5.74) is 2.43. The summed E-state index contributed by atoms with van der Waals surface area (Å²) in [4.78, 5) is 3.89. The van der Waals surface area contributed by atoms with Crippen molar-refractivity contribution in [2.45, 2.75) is 25.9 Å². The monoisotopic (exact) mass is 423 g/mol. The summed E-state index contributed by atoms with van der Waals surface area (Å²) in [7, 11) is 3.39. The SMILES string of the molecule is COc1ccc([C@H](c2nnnn2C(C)C)[NH+]2CCN(c3ccc(OC)cc3)CC2)cc1. The first-order chi connectivity index (χ1) is 15.1. The molecule has 8 heteroatoms. The highest BCUT2D eigenvalue weighted by molar-refractivity contribution is 5.49. The summed E-state index contributed by atoms with van der Waals surface area (Å²) >= 11 is 0. The lowest BCUT2D eigenvalue weighted by Crippen LogP contribution is -3.15. The van der Waals surface area contributed by atoms with Crippen molar-refractivity contribution < 1.29 is 14.4 Å². The number of nitrogens with one attached hydrogen (secondary N) is 1. The Bertz CT molecular complexity index is 962. The molecule has 2 aromatic carbocycles. The van der Waals surface area contributed by atoms with Crippen molar-refractivity contribution in [3.8, 4) is 11.5 Å². The van der Waals surface area contributed by atoms with Crippen LogP contribution >= 0.6 is 0 Å². The number of benzene rings is 2. The molecule has 0 aliphatic carbocycles. The van der Waals surface area contributed by atoms with E-state index >= 15 is 0 Å². The van der Waals surface area contributed by atoms with E-state index in [1.54, 1.807) is 14.2 Å². The lowest BCUT2D eigenvalue weighted by molar-refractivity contribution is -0.927. The van der Waals surface area contributed by atoms with Crippen molar-refractivity contribution in [3.05, 3.63) is 59.9 Å². The molecular formula is C23H31N6O2+. The van der Waals surface area contributed by atoms with E-state index in [2.05, 4.69) is 58.5 Å². The van der Waals surface area contributed by atoms with Crippen LogP contribution in [0.5, 0.6) is 11.5 Å². The van der Waals surface area contributed by atoms with Gasteiger partial charge in [-0.05, 0) is 72.8 Å². The summed E-state index contributed by atoms with van der Waals surface area (Å²) in [6.45, 7) is 8.15. The molecule has 1 N–H and O–H groups in total. The minimum Gasteiger partial charge on any atom is -0.497 e. The fourth-order valence-corrected chi connectivity index (χ4v) is 4.26. The number of methoxy groups -OCH3 is 2. The van der Waals surface area contributed by atoms with Gasteiger partial charge in [-0.3, -0.25) is 0 Å². The predicted octanol–water partition coefficient (Wildman–Crippen LogP) is 1.77. The number of quaternary nitrogens is 1. The fraction of sp³-hybridized carbons (Fsp3) is 0.435. The Labute approximate surface area is 183 Å². The second-order valence-corrected chi connectivity index (χ2v) is 8.12. The Morgan fingerprint density at radius 3 is 2.00 bits per heavy atom. The van der Waals surface area contributed by atoms with Crippen molar-refractivity contribution in [1.82, 2.24) is 20.2 Å². The molecule has 0 radical (unpaired) electrons. The van der Waals surface area contributed by atoms with Gasteiger partial charge in [0.2, 0.25) is 5.82 Å². The predicted molar refractivity (Wildman–Crippen MR) is 119 cm³/mol. The van der Waals surface area contributed by atoms with Gasteiger partial charge in [-0.1, -0.05) is 0 Å². The largest absolute Gasteiger partial charge is 0.497 e. The van der Waals surface area contributed by atoms with Crippen LogP contribution in [0.4, 0.5) is 5.69 Å². The summed E-state index contributed by atoms with van der Waals surface area (Å²) in [6, 6.07) is 16.9. The van der Waals surface area contributed by atoms with Crippen molar-refractivity contribution in [2.24, 2.45) is 0 Å². The van der Waals surface area contributed by atoms with Gasteiger partial charge in [-0.2, -0.15) is 0 Å². The van der Waals surface area contributed by atoms with E-state index in [1.807, 2.05) is 28.9 Å². The van der Waals surface area contributed by atoms with E-state index in [9.17, 15) is 0 Å². The lowest BCUT2D eigenvalue weighted by Gasteiger charge is -2.37. The zero-order chi connectivity index (χ0) is 21.8. The van der Waals surface area contributed by atoms with Crippen molar-refractivity contribution in [2.75, 3.05) is 45.3 Å². The number of hydrogen-bond acceptors (Lipinski definition) is 6. The van der Waals surface area contributed by atoms with Gasteiger partial charge < -0.3 is 19.3 Å². The fourth-order valence-electron chi connectivity index (χ4n) is 4.26. The van der Waals surface area contributed by atoms with Crippen LogP contribution in [0.25, 0.3) is 0 Å². The van der Waals surface area contributed by atoms with Crippen LogP contribution in [-0.2, 0) is 0 Å². The van der Waals surface area contributed by atoms with E-state index in [-0.39, 0.29) is 12.1 Å². The molecule has 0 unspecified atom stereocenters. The third-order valence-corrected chi connectivity index (χ3v) is 5.97. The highest BCUT2D eigenvalue weighted by Crippen LogP contribution is 2.23. The maximum absolute atomic E-state index is 5.36. The van der Waals surface area contributed by atoms with Crippen LogP contribution in [0, 0.1) is 0 Å². The standard InChI is InChI=1S/C23H30N6O2/c1-17(2)29-23(24-25-26-29)22(18-5-9-20(30-3)10-6-18)28-15-13-27(14-16-28)19-7-11-21(31-4)12-8-19/h5-12,17,22H,13-16H2,1-4H3/p+1/t22-/m1/s1. The number of hydrogen-bond donors (Lipinski definition) is 1. The Hall–Kier alpha value is -3.13. The van der Waals surface area contributed by atoms with E-state index in [1.165, 1.54) is 16.2 Å². The zero-order valence-electron chi connectivity index (χ0n) is 18.7. The molecule has 2 heterocycles. The Balaban J connectivity index is 1.57. The van der Waals surface area contributed by atoms with Gasteiger partial charge in [-0.25, -0.2) is 4.68 Å². The molecule has 3 aromatic rings. The van der Waals surface area contributed by atoms with Gasteiger partial charge in [-0.15, -0.1) is 5.10 Å². The molecular weight excluding hydrogens is 392 g/mol. The van der Waals surface area contributed by atoms with Crippen molar-refractivity contribution >= 4 is 5.69 Å². The molecule has 0 amide bonds. The second kappa shape index (κ2) is 9.34. The first-order valence-corrected chi connectivity index (χ1v) is 10.8. The molecule has 1 fully saturated rings. The second-order valence-electron chi connectivity index (χ2n) is 8.12. The molecule has 0 bridgehead atoms. The third kappa shape index (κ3) is 4.49. The summed E-state index contributed by atoms with van der Waals surface area (Å²) in [6.07, 6.45) is 0. The van der Waals surface area contributed by atoms with Gasteiger partial charge in [0.25, 0.3) is 0 Å². The maximum atomic E-state index is 5.36. The summed E-state index contributed by atoms with van der Waals surface area (Å²) in [5.74, 6) is 2.64. The molecule has 164 valence electrons. The number of piperazine rings is 1. The summed E-state index contributed by atoms with van der Waals surface area (Å²) < 4.78 is 12.6. The number of nitrogens with zero attached hydrogens (tertiary/aromatic N) is 5. The average Bonchev–Trinajstić information content (AvgIpc) is 3.30. The number of aromatic nitrogens is 4. The molecule has 4 rings (SSSR count). The zero-order valence-corrected chi connectivity index (χ0v) is 18.7. The minimum absolute atomic E-state index is 0.0707. The molecule has 1 aromatic heterocycles. The molecule has 1 aliphatic heterocycles. The highest BCUT2D eigenvalue weighted by Gasteiger charge is 2.34. The van der Waals surface area contributed by atoms with Crippen molar-refractivity contribution in [3.63, 3.8) is 0 Å². The van der Waals surface area contributed by atoms with E-state index in [0.717, 1.165) is 43.5 Å². The van der Waals surface area contributed by atoms with E-state index < -0.39 is 0 Å². The van der Waals surface area contributed by atoms with Crippen LogP contribution in [-0.4, -0.2) is 60.6 Å². The molecule has 1 atom stereocenters. The Kier molecular flexibility index (Phi) is 6.36. The Morgan fingerprint density at radius 2 is 1.45 bits per heavy atom. The van der Waals surface area contributed by atoms with Gasteiger partial charge in [0, 0.05) is 11.3 Å². The average molecular weight is 424 g/mol. The summed E-state index contributed by atoms with van der Waals surface area (Å²) in [5, 5.41) is 12.7. The number of tetrazole rings is 1. The first-order valence-electron chi connectivity index (χ1n) is 10.8. The third-order valence-electron chi connectivity index (χ3n) is 5.97. The van der Waals surface area contributed by atoms with Gasteiger partial charge in [0.1, 0.15) is 11.5 Å². The molecule has 1 aliphatic rings. The first kappa shape index (κ1) is 21.1. The van der Waals surface area contributed by atoms with Crippen LogP contribution in [0.2, 0.25) is 0 Å². The number of ether oxygens (including phenoxy) is 2. The Morgan fingerprint density at radius 1 is 0.871 bits per heavy atom. The smallest absolute Gasteiger partial charge is 0.214 e. The van der Waals surface area contributed by atoms with Gasteiger partial charge in [0.05, 0.1) is 46.4 Å². The van der Waals surface area contributed by atoms with Gasteiger partial charge in [0.15, 0.2) is 6.04 Å². The minimum atomic E-state index is 0.0707. The lowest BCUT2D eigenvalue weighted by atomic mass is 10.0.